The Labute approximate surface area is 131 Å². The lowest BCUT2D eigenvalue weighted by atomic mass is 10.2. The highest BCUT2D eigenvalue weighted by atomic mass is 32.2. The number of carbonyl (C=O) groups is 1. The van der Waals surface area contributed by atoms with E-state index >= 15 is 0 Å². The van der Waals surface area contributed by atoms with E-state index in [9.17, 15) is 17.6 Å². The van der Waals surface area contributed by atoms with Gasteiger partial charge in [-0.3, -0.25) is 0 Å². The summed E-state index contributed by atoms with van der Waals surface area (Å²) < 4.78 is 42.8. The number of rotatable bonds is 3. The van der Waals surface area contributed by atoms with Crippen molar-refractivity contribution in [3.63, 3.8) is 0 Å². The normalized spacial score (nSPS) is 11.0. The zero-order valence-electron chi connectivity index (χ0n) is 12.2. The number of nitrogens with zero attached hydrogens (tertiary/aromatic N) is 2. The van der Waals surface area contributed by atoms with Crippen LogP contribution in [0.1, 0.15) is 16.1 Å². The molecule has 0 bridgehead atoms. The molecule has 1 aromatic heterocycles. The van der Waals surface area contributed by atoms with Gasteiger partial charge in [0, 0.05) is 12.5 Å². The number of nitrogens with two attached hydrogens (primary N) is 1. The fraction of sp³-hybridized carbons (Fsp3) is 0.143. The molecular formula is C14H12FN3O4S. The maximum absolute atomic E-state index is 14.3. The van der Waals surface area contributed by atoms with Crippen molar-refractivity contribution in [3.05, 3.63) is 41.5 Å². The summed E-state index contributed by atoms with van der Waals surface area (Å²) in [5.74, 6) is -1.74. The van der Waals surface area contributed by atoms with Crippen molar-refractivity contribution >= 4 is 21.5 Å². The number of aromatic nitrogens is 1. The highest BCUT2D eigenvalue weighted by Crippen LogP contribution is 2.27. The van der Waals surface area contributed by atoms with Crippen molar-refractivity contribution in [3.8, 4) is 11.8 Å². The Balaban J connectivity index is 2.73. The van der Waals surface area contributed by atoms with Crippen LogP contribution in [0.5, 0.6) is 0 Å². The number of sulfone groups is 1. The fourth-order valence-corrected chi connectivity index (χ4v) is 2.65. The number of hydrogen-bond donors (Lipinski definition) is 1. The van der Waals surface area contributed by atoms with Gasteiger partial charge >= 0.3 is 5.97 Å². The van der Waals surface area contributed by atoms with Gasteiger partial charge < -0.3 is 15.0 Å². The predicted molar refractivity (Wildman–Crippen MR) is 79.3 cm³/mol. The minimum atomic E-state index is -3.58. The summed E-state index contributed by atoms with van der Waals surface area (Å²) >= 11 is 0. The molecule has 9 heteroatoms. The molecule has 0 amide bonds. The van der Waals surface area contributed by atoms with Crippen LogP contribution in [0.4, 0.5) is 10.1 Å². The summed E-state index contributed by atoms with van der Waals surface area (Å²) in [6.07, 6.45) is 2.13. The summed E-state index contributed by atoms with van der Waals surface area (Å²) in [6.45, 7) is 0. The number of hydrogen-bond acceptors (Lipinski definition) is 6. The van der Waals surface area contributed by atoms with Gasteiger partial charge in [0.15, 0.2) is 15.5 Å². The Hall–Kier alpha value is -2.86. The van der Waals surface area contributed by atoms with Gasteiger partial charge in [-0.05, 0) is 18.2 Å². The van der Waals surface area contributed by atoms with E-state index in [0.717, 1.165) is 24.0 Å². The second-order valence-corrected chi connectivity index (χ2v) is 6.68. The summed E-state index contributed by atoms with van der Waals surface area (Å²) in [5.41, 5.74) is 5.19. The Kier molecular flexibility index (Phi) is 4.12. The molecule has 0 saturated carbocycles. The van der Waals surface area contributed by atoms with Crippen LogP contribution in [-0.4, -0.2) is 32.3 Å². The zero-order chi connectivity index (χ0) is 17.4. The van der Waals surface area contributed by atoms with E-state index in [2.05, 4.69) is 4.74 Å². The predicted octanol–water partition coefficient (Wildman–Crippen LogP) is 1.26. The topological polar surface area (TPSA) is 115 Å². The second kappa shape index (κ2) is 5.73. The van der Waals surface area contributed by atoms with Crippen LogP contribution in [-0.2, 0) is 14.6 Å². The van der Waals surface area contributed by atoms with Gasteiger partial charge in [0.1, 0.15) is 11.9 Å². The molecular weight excluding hydrogens is 325 g/mol. The van der Waals surface area contributed by atoms with Crippen molar-refractivity contribution in [1.29, 1.82) is 5.26 Å². The van der Waals surface area contributed by atoms with Gasteiger partial charge in [0.25, 0.3) is 0 Å². The van der Waals surface area contributed by atoms with Crippen LogP contribution < -0.4 is 5.73 Å². The lowest BCUT2D eigenvalue weighted by molar-refractivity contribution is 0.0593. The summed E-state index contributed by atoms with van der Waals surface area (Å²) in [4.78, 5) is 11.6. The number of anilines is 1. The average molecular weight is 337 g/mol. The van der Waals surface area contributed by atoms with Crippen LogP contribution in [0.15, 0.2) is 29.3 Å². The molecule has 0 fully saturated rings. The van der Waals surface area contributed by atoms with Crippen LogP contribution in [0.3, 0.4) is 0 Å². The molecule has 120 valence electrons. The first-order valence-corrected chi connectivity index (χ1v) is 8.09. The first-order chi connectivity index (χ1) is 10.7. The van der Waals surface area contributed by atoms with Crippen LogP contribution in [0.25, 0.3) is 5.69 Å². The highest BCUT2D eigenvalue weighted by molar-refractivity contribution is 7.90. The molecule has 2 rings (SSSR count). The molecule has 7 nitrogen and oxygen atoms in total. The third kappa shape index (κ3) is 2.89. The van der Waals surface area contributed by atoms with E-state index in [0.29, 0.717) is 0 Å². The number of ether oxygens (including phenoxy) is 1. The smallest absolute Gasteiger partial charge is 0.357 e. The van der Waals surface area contributed by atoms with Crippen molar-refractivity contribution < 1.29 is 22.3 Å². The first kappa shape index (κ1) is 16.5. The van der Waals surface area contributed by atoms with Crippen LogP contribution >= 0.6 is 0 Å². The summed E-state index contributed by atoms with van der Waals surface area (Å²) in [7, 11) is -2.46. The number of nitriles is 1. The van der Waals surface area contributed by atoms with Gasteiger partial charge in [-0.25, -0.2) is 17.6 Å². The minimum Gasteiger partial charge on any atom is -0.464 e. The van der Waals surface area contributed by atoms with Crippen molar-refractivity contribution in [2.24, 2.45) is 0 Å². The largest absolute Gasteiger partial charge is 0.464 e. The number of esters is 1. The van der Waals surface area contributed by atoms with E-state index in [1.54, 1.807) is 6.07 Å². The number of carbonyl (C=O) groups excluding carboxylic acids is 1. The maximum atomic E-state index is 14.3. The molecule has 2 N–H and O–H groups in total. The maximum Gasteiger partial charge on any atom is 0.357 e. The number of methoxy groups -OCH3 is 1. The molecule has 0 spiro atoms. The second-order valence-electron chi connectivity index (χ2n) is 4.66. The Morgan fingerprint density at radius 1 is 1.43 bits per heavy atom. The van der Waals surface area contributed by atoms with Crippen molar-refractivity contribution in [2.75, 3.05) is 19.1 Å². The van der Waals surface area contributed by atoms with E-state index in [-0.39, 0.29) is 27.5 Å². The molecule has 0 aliphatic rings. The molecule has 0 atom stereocenters. The van der Waals surface area contributed by atoms with Crippen molar-refractivity contribution in [2.45, 2.75) is 4.90 Å². The SMILES string of the molecule is COC(=O)c1c(N)c(C#N)cn1-c1ccc(S(C)(=O)=O)cc1F. The van der Waals surface area contributed by atoms with E-state index in [1.165, 1.54) is 18.3 Å². The molecule has 0 saturated heterocycles. The lowest BCUT2D eigenvalue weighted by Crippen LogP contribution is -2.12. The number of halogens is 1. The first-order valence-electron chi connectivity index (χ1n) is 6.20. The molecule has 0 aliphatic heterocycles. The quantitative estimate of drug-likeness (QED) is 0.843. The number of benzene rings is 1. The molecule has 23 heavy (non-hydrogen) atoms. The fourth-order valence-electron chi connectivity index (χ4n) is 2.02. The zero-order valence-corrected chi connectivity index (χ0v) is 13.0. The highest BCUT2D eigenvalue weighted by Gasteiger charge is 2.23. The van der Waals surface area contributed by atoms with Gasteiger partial charge in [-0.15, -0.1) is 0 Å². The van der Waals surface area contributed by atoms with E-state index in [4.69, 9.17) is 11.0 Å². The Morgan fingerprint density at radius 2 is 2.09 bits per heavy atom. The molecule has 2 aromatic rings. The van der Waals surface area contributed by atoms with Gasteiger partial charge in [0.2, 0.25) is 0 Å². The molecule has 0 unspecified atom stereocenters. The minimum absolute atomic E-state index is 0.0306. The lowest BCUT2D eigenvalue weighted by Gasteiger charge is -2.10. The number of nitrogen functional groups attached to an aromatic ring is 1. The van der Waals surface area contributed by atoms with Gasteiger partial charge in [-0.2, -0.15) is 5.26 Å². The molecule has 0 aliphatic carbocycles. The monoisotopic (exact) mass is 337 g/mol. The standard InChI is InChI=1S/C14H12FN3O4S/c1-22-14(19)13-12(17)8(6-16)7-18(13)11-4-3-9(5-10(11)15)23(2,20)21/h3-5,7H,17H2,1-2H3. The van der Waals surface area contributed by atoms with E-state index in [1.807, 2.05) is 0 Å². The summed E-state index contributed by atoms with van der Waals surface area (Å²) in [5, 5.41) is 9.01. The summed E-state index contributed by atoms with van der Waals surface area (Å²) in [6, 6.07) is 4.99. The Morgan fingerprint density at radius 3 is 2.57 bits per heavy atom. The van der Waals surface area contributed by atoms with Gasteiger partial charge in [0.05, 0.1) is 28.9 Å². The molecule has 1 heterocycles. The third-order valence-corrected chi connectivity index (χ3v) is 4.26. The Bertz CT molecular complexity index is 942. The van der Waals surface area contributed by atoms with E-state index < -0.39 is 21.6 Å². The third-order valence-electron chi connectivity index (χ3n) is 3.15. The molecule has 1 aromatic carbocycles. The average Bonchev–Trinajstić information content (AvgIpc) is 2.82. The van der Waals surface area contributed by atoms with Crippen LogP contribution in [0, 0.1) is 17.1 Å². The van der Waals surface area contributed by atoms with Crippen LogP contribution in [0.2, 0.25) is 0 Å². The van der Waals surface area contributed by atoms with Gasteiger partial charge in [-0.1, -0.05) is 0 Å². The van der Waals surface area contributed by atoms with Crippen molar-refractivity contribution in [1.82, 2.24) is 4.57 Å². The molecule has 0 radical (unpaired) electrons.